The minimum Gasteiger partial charge on any atom is -0.420 e. The van der Waals surface area contributed by atoms with Gasteiger partial charge in [-0.25, -0.2) is 4.98 Å². The zero-order valence-electron chi connectivity index (χ0n) is 17.4. The Labute approximate surface area is 192 Å². The van der Waals surface area contributed by atoms with Gasteiger partial charge in [0.2, 0.25) is 11.8 Å². The molecule has 0 radical (unpaired) electrons. The maximum absolute atomic E-state index is 15.0. The number of hydrogen-bond donors (Lipinski definition) is 0. The summed E-state index contributed by atoms with van der Waals surface area (Å²) < 4.78 is 26.8. The molecule has 162 valence electrons. The van der Waals surface area contributed by atoms with Gasteiger partial charge in [0.15, 0.2) is 12.6 Å². The number of hydrogen-bond acceptors (Lipinski definition) is 5. The summed E-state index contributed by atoms with van der Waals surface area (Å²) >= 11 is 6.07. The summed E-state index contributed by atoms with van der Waals surface area (Å²) in [5.41, 5.74) is 1.24. The summed E-state index contributed by atoms with van der Waals surface area (Å²) in [4.78, 5) is 6.93. The molecule has 0 aliphatic carbocycles. The summed E-state index contributed by atoms with van der Waals surface area (Å²) in [7, 11) is -3.30. The second-order valence-corrected chi connectivity index (χ2v) is 10.6. The third-order valence-electron chi connectivity index (χ3n) is 5.52. The highest BCUT2D eigenvalue weighted by Gasteiger charge is 2.38. The summed E-state index contributed by atoms with van der Waals surface area (Å²) in [5.74, 6) is 0.958. The van der Waals surface area contributed by atoms with E-state index in [1.165, 1.54) is 0 Å². The van der Waals surface area contributed by atoms with E-state index in [1.807, 2.05) is 72.8 Å². The first kappa shape index (κ1) is 21.0. The lowest BCUT2D eigenvalue weighted by Gasteiger charge is -2.28. The van der Waals surface area contributed by atoms with Crippen LogP contribution in [0.15, 0.2) is 89.3 Å². The molecular formula is C25H22ClN2O3P. The van der Waals surface area contributed by atoms with Gasteiger partial charge in [0.1, 0.15) is 0 Å². The molecule has 1 saturated heterocycles. The van der Waals surface area contributed by atoms with E-state index in [9.17, 15) is 4.57 Å². The van der Waals surface area contributed by atoms with E-state index < -0.39 is 7.14 Å². The highest BCUT2D eigenvalue weighted by atomic mass is 35.5. The summed E-state index contributed by atoms with van der Waals surface area (Å²) in [6.45, 7) is 2.45. The van der Waals surface area contributed by atoms with E-state index in [4.69, 9.17) is 25.7 Å². The molecule has 0 atom stereocenters. The smallest absolute Gasteiger partial charge is 0.229 e. The fraction of sp³-hybridized carbons (Fsp3) is 0.160. The first-order valence-corrected chi connectivity index (χ1v) is 12.6. The summed E-state index contributed by atoms with van der Waals surface area (Å²) in [5, 5.41) is 2.07. The number of anilines is 1. The monoisotopic (exact) mass is 464 g/mol. The molecule has 0 spiro atoms. The van der Waals surface area contributed by atoms with Gasteiger partial charge in [-0.3, -0.25) is 0 Å². The number of ether oxygens (including phenoxy) is 1. The van der Waals surface area contributed by atoms with Gasteiger partial charge in [-0.2, -0.15) is 0 Å². The molecule has 7 heteroatoms. The van der Waals surface area contributed by atoms with Crippen LogP contribution in [0.2, 0.25) is 5.02 Å². The molecule has 5 nitrogen and oxygen atoms in total. The lowest BCUT2D eigenvalue weighted by Crippen LogP contribution is -2.39. The number of aromatic nitrogens is 1. The van der Waals surface area contributed by atoms with Crippen molar-refractivity contribution in [2.45, 2.75) is 0 Å². The van der Waals surface area contributed by atoms with Gasteiger partial charge in [-0.15, -0.1) is 0 Å². The van der Waals surface area contributed by atoms with Crippen molar-refractivity contribution in [3.63, 3.8) is 0 Å². The molecule has 1 aliphatic heterocycles. The molecule has 0 bridgehead atoms. The van der Waals surface area contributed by atoms with Crippen LogP contribution in [-0.4, -0.2) is 31.3 Å². The molecule has 32 heavy (non-hydrogen) atoms. The molecule has 5 rings (SSSR count). The van der Waals surface area contributed by atoms with E-state index in [2.05, 4.69) is 4.90 Å². The first-order valence-electron chi connectivity index (χ1n) is 10.5. The number of benzene rings is 3. The van der Waals surface area contributed by atoms with Crippen molar-refractivity contribution in [3.05, 3.63) is 90.0 Å². The quantitative estimate of drug-likeness (QED) is 0.408. The van der Waals surface area contributed by atoms with Gasteiger partial charge < -0.3 is 18.6 Å². The van der Waals surface area contributed by atoms with Gasteiger partial charge in [0.05, 0.1) is 13.2 Å². The van der Waals surface area contributed by atoms with Crippen molar-refractivity contribution in [2.75, 3.05) is 31.2 Å². The number of rotatable bonds is 5. The predicted molar refractivity (Wildman–Crippen MR) is 129 cm³/mol. The molecule has 0 amide bonds. The maximum atomic E-state index is 15.0. The van der Waals surface area contributed by atoms with E-state index in [1.54, 1.807) is 12.1 Å². The molecule has 3 aromatic carbocycles. The lowest BCUT2D eigenvalue weighted by molar-refractivity contribution is 0.121. The SMILES string of the molecule is O=P(c1ccccc1)(c1ccccc1)c1nc(-c2ccc(Cl)cc2)oc1N1CCOCC1. The third kappa shape index (κ3) is 3.88. The maximum Gasteiger partial charge on any atom is 0.229 e. The topological polar surface area (TPSA) is 55.6 Å². The normalized spacial score (nSPS) is 14.5. The van der Waals surface area contributed by atoms with E-state index >= 15 is 0 Å². The van der Waals surface area contributed by atoms with Crippen LogP contribution in [0.25, 0.3) is 11.5 Å². The molecule has 0 unspecified atom stereocenters. The van der Waals surface area contributed by atoms with Crippen molar-refractivity contribution in [3.8, 4) is 11.5 Å². The zero-order chi connectivity index (χ0) is 22.0. The van der Waals surface area contributed by atoms with Crippen LogP contribution >= 0.6 is 18.7 Å². The van der Waals surface area contributed by atoms with Gasteiger partial charge in [0.25, 0.3) is 0 Å². The Morgan fingerprint density at radius 2 is 1.38 bits per heavy atom. The summed E-state index contributed by atoms with van der Waals surface area (Å²) in [6, 6.07) is 26.3. The fourth-order valence-corrected chi connectivity index (χ4v) is 6.65. The molecule has 1 fully saturated rings. The molecule has 1 aliphatic rings. The number of nitrogens with zero attached hydrogens (tertiary/aromatic N) is 2. The number of halogens is 1. The molecule has 2 heterocycles. The second-order valence-electron chi connectivity index (χ2n) is 7.53. The standard InChI is InChI=1S/C25H22ClN2O3P/c26-20-13-11-19(12-14-20)23-27-24(25(31-23)28-15-17-30-18-16-28)32(29,21-7-3-1-4-8-21)22-9-5-2-6-10-22/h1-14H,15-18H2. The zero-order valence-corrected chi connectivity index (χ0v) is 19.0. The van der Waals surface area contributed by atoms with E-state index in [-0.39, 0.29) is 0 Å². The van der Waals surface area contributed by atoms with Crippen molar-refractivity contribution in [1.82, 2.24) is 4.98 Å². The van der Waals surface area contributed by atoms with Gasteiger partial charge in [0, 0.05) is 34.3 Å². The highest BCUT2D eigenvalue weighted by molar-refractivity contribution is 7.85. The van der Waals surface area contributed by atoms with Crippen LogP contribution < -0.4 is 20.9 Å². The van der Waals surface area contributed by atoms with E-state index in [0.29, 0.717) is 48.5 Å². The second kappa shape index (κ2) is 8.95. The van der Waals surface area contributed by atoms with Crippen LogP contribution in [0, 0.1) is 0 Å². The largest absolute Gasteiger partial charge is 0.420 e. The first-order chi connectivity index (χ1) is 15.7. The molecule has 1 aromatic heterocycles. The number of morpholine rings is 1. The minimum atomic E-state index is -3.30. The Morgan fingerprint density at radius 1 is 0.812 bits per heavy atom. The number of oxazole rings is 1. The molecule has 0 N–H and O–H groups in total. The fourth-order valence-electron chi connectivity index (χ4n) is 3.87. The Bertz CT molecular complexity index is 1190. The minimum absolute atomic E-state index is 0.422. The van der Waals surface area contributed by atoms with Gasteiger partial charge in [-0.1, -0.05) is 72.3 Å². The van der Waals surface area contributed by atoms with Crippen molar-refractivity contribution >= 4 is 40.7 Å². The van der Waals surface area contributed by atoms with Crippen LogP contribution in [0.5, 0.6) is 0 Å². The van der Waals surface area contributed by atoms with Crippen LogP contribution in [0.4, 0.5) is 5.88 Å². The van der Waals surface area contributed by atoms with Gasteiger partial charge in [-0.05, 0) is 24.3 Å². The Morgan fingerprint density at radius 3 is 1.94 bits per heavy atom. The van der Waals surface area contributed by atoms with Crippen LogP contribution in [-0.2, 0) is 9.30 Å². The third-order valence-corrected chi connectivity index (χ3v) is 8.71. The Kier molecular flexibility index (Phi) is 5.88. The highest BCUT2D eigenvalue weighted by Crippen LogP contribution is 2.46. The van der Waals surface area contributed by atoms with Crippen molar-refractivity contribution in [1.29, 1.82) is 0 Å². The van der Waals surface area contributed by atoms with Crippen molar-refractivity contribution < 1.29 is 13.7 Å². The Balaban J connectivity index is 1.74. The van der Waals surface area contributed by atoms with Gasteiger partial charge >= 0.3 is 0 Å². The average Bonchev–Trinajstić information content (AvgIpc) is 3.32. The van der Waals surface area contributed by atoms with Crippen molar-refractivity contribution in [2.24, 2.45) is 0 Å². The summed E-state index contributed by atoms with van der Waals surface area (Å²) in [6.07, 6.45) is 0. The molecular weight excluding hydrogens is 443 g/mol. The predicted octanol–water partition coefficient (Wildman–Crippen LogP) is 4.47. The van der Waals surface area contributed by atoms with Crippen LogP contribution in [0.1, 0.15) is 0 Å². The lowest BCUT2D eigenvalue weighted by atomic mass is 10.2. The molecule has 4 aromatic rings. The van der Waals surface area contributed by atoms with Crippen LogP contribution in [0.3, 0.4) is 0 Å². The van der Waals surface area contributed by atoms with E-state index in [0.717, 1.165) is 16.2 Å². The average molecular weight is 465 g/mol. The molecule has 0 saturated carbocycles. The Hall–Kier alpha value is -2.85.